The standard InChI is InChI=1S/C10H15ClN2O2S2/c11-10-2-1-8(16-10)7-13-17(14,15)9-3-5-12-6-4-9/h1-2,9,12-13H,3-7H2. The molecule has 0 unspecified atom stereocenters. The van der Waals surface area contributed by atoms with Gasteiger partial charge in [0.2, 0.25) is 10.0 Å². The average Bonchev–Trinajstić information content (AvgIpc) is 2.74. The SMILES string of the molecule is O=S(=O)(NCc1ccc(Cl)s1)C1CCNCC1. The number of nitrogens with one attached hydrogen (secondary N) is 2. The van der Waals surface area contributed by atoms with Gasteiger partial charge in [0.05, 0.1) is 9.59 Å². The minimum atomic E-state index is -3.20. The van der Waals surface area contributed by atoms with Crippen LogP contribution in [0.2, 0.25) is 4.34 Å². The second-order valence-corrected chi connectivity index (χ2v) is 7.87. The Bertz CT molecular complexity index is 466. The molecule has 1 aliphatic heterocycles. The Balaban J connectivity index is 1.92. The van der Waals surface area contributed by atoms with Crippen LogP contribution in [0.4, 0.5) is 0 Å². The molecule has 1 fully saturated rings. The molecule has 1 aliphatic rings. The molecule has 0 aliphatic carbocycles. The van der Waals surface area contributed by atoms with Crippen molar-refractivity contribution >= 4 is 33.0 Å². The van der Waals surface area contributed by atoms with Crippen LogP contribution >= 0.6 is 22.9 Å². The van der Waals surface area contributed by atoms with Crippen LogP contribution in [0.3, 0.4) is 0 Å². The van der Waals surface area contributed by atoms with Crippen LogP contribution in [0.1, 0.15) is 17.7 Å². The van der Waals surface area contributed by atoms with Crippen molar-refractivity contribution in [1.82, 2.24) is 10.0 Å². The Morgan fingerprint density at radius 2 is 2.12 bits per heavy atom. The topological polar surface area (TPSA) is 58.2 Å². The van der Waals surface area contributed by atoms with Crippen LogP contribution in [0.15, 0.2) is 12.1 Å². The molecule has 17 heavy (non-hydrogen) atoms. The van der Waals surface area contributed by atoms with E-state index in [9.17, 15) is 8.42 Å². The molecule has 2 heterocycles. The van der Waals surface area contributed by atoms with E-state index in [1.54, 1.807) is 6.07 Å². The molecular formula is C10H15ClN2O2S2. The molecule has 1 aromatic heterocycles. The summed E-state index contributed by atoms with van der Waals surface area (Å²) in [5.74, 6) is 0. The Morgan fingerprint density at radius 3 is 2.71 bits per heavy atom. The Labute approximate surface area is 110 Å². The quantitative estimate of drug-likeness (QED) is 0.886. The van der Waals surface area contributed by atoms with Gasteiger partial charge in [-0.3, -0.25) is 0 Å². The lowest BCUT2D eigenvalue weighted by Crippen LogP contribution is -2.41. The monoisotopic (exact) mass is 294 g/mol. The van der Waals surface area contributed by atoms with Crippen LogP contribution < -0.4 is 10.0 Å². The maximum atomic E-state index is 12.0. The second-order valence-electron chi connectivity index (χ2n) is 4.02. The summed E-state index contributed by atoms with van der Waals surface area (Å²) in [6.07, 6.45) is 1.36. The Morgan fingerprint density at radius 1 is 1.41 bits per heavy atom. The van der Waals surface area contributed by atoms with Crippen LogP contribution in [-0.2, 0) is 16.6 Å². The van der Waals surface area contributed by atoms with E-state index in [1.807, 2.05) is 6.07 Å². The maximum absolute atomic E-state index is 12.0. The van der Waals surface area contributed by atoms with Gasteiger partial charge < -0.3 is 5.32 Å². The normalized spacial score (nSPS) is 18.4. The zero-order valence-corrected chi connectivity index (χ0v) is 11.7. The number of hydrogen-bond donors (Lipinski definition) is 2. The van der Waals surface area contributed by atoms with Crippen molar-refractivity contribution in [3.8, 4) is 0 Å². The van der Waals surface area contributed by atoms with Gasteiger partial charge in [-0.1, -0.05) is 11.6 Å². The van der Waals surface area contributed by atoms with Gasteiger partial charge in [-0.15, -0.1) is 11.3 Å². The fraction of sp³-hybridized carbons (Fsp3) is 0.600. The van der Waals surface area contributed by atoms with Crippen molar-refractivity contribution in [1.29, 1.82) is 0 Å². The summed E-state index contributed by atoms with van der Waals surface area (Å²) >= 11 is 7.19. The summed E-state index contributed by atoms with van der Waals surface area (Å²) in [5.41, 5.74) is 0. The number of rotatable bonds is 4. The van der Waals surface area contributed by atoms with E-state index in [-0.39, 0.29) is 5.25 Å². The molecule has 2 N–H and O–H groups in total. The van der Waals surface area contributed by atoms with Crippen molar-refractivity contribution in [2.45, 2.75) is 24.6 Å². The molecular weight excluding hydrogens is 280 g/mol. The van der Waals surface area contributed by atoms with Crippen LogP contribution in [-0.4, -0.2) is 26.8 Å². The van der Waals surface area contributed by atoms with Crippen molar-refractivity contribution in [3.63, 3.8) is 0 Å². The molecule has 1 aromatic rings. The highest BCUT2D eigenvalue weighted by molar-refractivity contribution is 7.90. The van der Waals surface area contributed by atoms with E-state index in [2.05, 4.69) is 10.0 Å². The third-order valence-electron chi connectivity index (χ3n) is 2.80. The van der Waals surface area contributed by atoms with Gasteiger partial charge in [0.15, 0.2) is 0 Å². The van der Waals surface area contributed by atoms with Gasteiger partial charge in [-0.2, -0.15) is 0 Å². The smallest absolute Gasteiger partial charge is 0.214 e. The first-order valence-corrected chi connectivity index (χ1v) is 8.25. The minimum absolute atomic E-state index is 0.265. The third kappa shape index (κ3) is 3.66. The number of sulfonamides is 1. The predicted octanol–water partition coefficient (Wildman–Crippen LogP) is 1.57. The summed E-state index contributed by atoms with van der Waals surface area (Å²) < 4.78 is 27.3. The van der Waals surface area contributed by atoms with Crippen molar-refractivity contribution < 1.29 is 8.42 Å². The molecule has 2 rings (SSSR count). The van der Waals surface area contributed by atoms with Gasteiger partial charge in [0.25, 0.3) is 0 Å². The van der Waals surface area contributed by atoms with E-state index in [4.69, 9.17) is 11.6 Å². The molecule has 1 saturated heterocycles. The van der Waals surface area contributed by atoms with Crippen LogP contribution in [0.25, 0.3) is 0 Å². The Kier molecular flexibility index (Phi) is 4.43. The molecule has 0 amide bonds. The van der Waals surface area contributed by atoms with E-state index in [1.165, 1.54) is 11.3 Å². The van der Waals surface area contributed by atoms with Gasteiger partial charge in [0, 0.05) is 11.4 Å². The first-order chi connectivity index (χ1) is 8.08. The molecule has 4 nitrogen and oxygen atoms in total. The van der Waals surface area contributed by atoms with E-state index < -0.39 is 10.0 Å². The molecule has 7 heteroatoms. The lowest BCUT2D eigenvalue weighted by atomic mass is 10.2. The summed E-state index contributed by atoms with van der Waals surface area (Å²) in [6, 6.07) is 3.62. The van der Waals surface area contributed by atoms with Gasteiger partial charge in [-0.25, -0.2) is 13.1 Å². The van der Waals surface area contributed by atoms with E-state index in [0.29, 0.717) is 23.7 Å². The lowest BCUT2D eigenvalue weighted by Gasteiger charge is -2.22. The number of halogens is 1. The highest BCUT2D eigenvalue weighted by Crippen LogP contribution is 2.21. The minimum Gasteiger partial charge on any atom is -0.317 e. The summed E-state index contributed by atoms with van der Waals surface area (Å²) in [4.78, 5) is 0.938. The first-order valence-electron chi connectivity index (χ1n) is 5.51. The fourth-order valence-electron chi connectivity index (χ4n) is 1.84. The van der Waals surface area contributed by atoms with Crippen LogP contribution in [0, 0.1) is 0 Å². The second kappa shape index (κ2) is 5.67. The molecule has 96 valence electrons. The molecule has 0 atom stereocenters. The molecule has 0 radical (unpaired) electrons. The van der Waals surface area contributed by atoms with E-state index in [0.717, 1.165) is 18.0 Å². The molecule has 0 aromatic carbocycles. The first kappa shape index (κ1) is 13.3. The molecule has 0 saturated carbocycles. The summed E-state index contributed by atoms with van der Waals surface area (Å²) in [7, 11) is -3.20. The van der Waals surface area contributed by atoms with Crippen LogP contribution in [0.5, 0.6) is 0 Å². The molecule has 0 bridgehead atoms. The number of hydrogen-bond acceptors (Lipinski definition) is 4. The Hall–Kier alpha value is -0.140. The van der Waals surface area contributed by atoms with Crippen molar-refractivity contribution in [3.05, 3.63) is 21.3 Å². The number of thiophene rings is 1. The third-order valence-corrected chi connectivity index (χ3v) is 5.93. The average molecular weight is 295 g/mol. The lowest BCUT2D eigenvalue weighted by molar-refractivity contribution is 0.489. The summed E-state index contributed by atoms with van der Waals surface area (Å²) in [5, 5.41) is 2.89. The zero-order valence-electron chi connectivity index (χ0n) is 9.28. The van der Waals surface area contributed by atoms with Gasteiger partial charge >= 0.3 is 0 Å². The van der Waals surface area contributed by atoms with Gasteiger partial charge in [0.1, 0.15) is 0 Å². The number of piperidine rings is 1. The van der Waals surface area contributed by atoms with Gasteiger partial charge in [-0.05, 0) is 38.1 Å². The van der Waals surface area contributed by atoms with Crippen molar-refractivity contribution in [2.24, 2.45) is 0 Å². The zero-order chi connectivity index (χ0) is 12.3. The molecule has 0 spiro atoms. The fourth-order valence-corrected chi connectivity index (χ4v) is 4.41. The largest absolute Gasteiger partial charge is 0.317 e. The highest BCUT2D eigenvalue weighted by atomic mass is 35.5. The maximum Gasteiger partial charge on any atom is 0.214 e. The highest BCUT2D eigenvalue weighted by Gasteiger charge is 2.26. The predicted molar refractivity (Wildman–Crippen MR) is 71.0 cm³/mol. The van der Waals surface area contributed by atoms with Crippen molar-refractivity contribution in [2.75, 3.05) is 13.1 Å². The summed E-state index contributed by atoms with van der Waals surface area (Å²) in [6.45, 7) is 1.89. The van der Waals surface area contributed by atoms with E-state index >= 15 is 0 Å².